The highest BCUT2D eigenvalue weighted by molar-refractivity contribution is 7.79. The predicted octanol–water partition coefficient (Wildman–Crippen LogP) is 6.97. The number of amides is 2. The third kappa shape index (κ3) is 21.4. The smallest absolute Gasteiger partial charge is 0.260 e. The van der Waals surface area contributed by atoms with E-state index in [1.54, 1.807) is 9.80 Å². The lowest BCUT2D eigenvalue weighted by Crippen LogP contribution is -2.40. The van der Waals surface area contributed by atoms with Gasteiger partial charge in [-0.1, -0.05) is 72.8 Å². The first-order valence-electron chi connectivity index (χ1n) is 30.3. The van der Waals surface area contributed by atoms with Gasteiger partial charge in [0, 0.05) is 75.5 Å². The Morgan fingerprint density at radius 2 is 0.545 bits per heavy atom. The van der Waals surface area contributed by atoms with E-state index in [1.165, 1.54) is 0 Å². The minimum Gasteiger partial charge on any atom is -0.507 e. The van der Waals surface area contributed by atoms with Crippen molar-refractivity contribution in [2.45, 2.75) is 49.4 Å². The van der Waals surface area contributed by atoms with Crippen LogP contribution in [-0.2, 0) is 106 Å². The second-order valence-corrected chi connectivity index (χ2v) is 22.4. The molecule has 5 aromatic carbocycles. The molecule has 0 radical (unpaired) electrons. The number of phenolic OH excluding ortho intramolecular Hbond substituents is 3. The highest BCUT2D eigenvalue weighted by Crippen LogP contribution is 2.40. The van der Waals surface area contributed by atoms with Crippen LogP contribution in [-0.4, -0.2) is 208 Å². The highest BCUT2D eigenvalue weighted by Gasteiger charge is 2.25. The number of thiol groups is 3. The van der Waals surface area contributed by atoms with Gasteiger partial charge in [0.1, 0.15) is 28.7 Å². The van der Waals surface area contributed by atoms with E-state index >= 15 is 0 Å². The summed E-state index contributed by atoms with van der Waals surface area (Å²) < 4.78 is 70.7. The van der Waals surface area contributed by atoms with Crippen molar-refractivity contribution < 1.29 is 81.8 Å². The molecule has 10 bridgehead atoms. The topological polar surface area (TPSA) is 212 Å². The summed E-state index contributed by atoms with van der Waals surface area (Å²) in [7, 11) is 0. The van der Waals surface area contributed by atoms with Crippen molar-refractivity contribution in [3.63, 3.8) is 0 Å². The number of hydrogen-bond donors (Lipinski definition) is 6. The van der Waals surface area contributed by atoms with Crippen LogP contribution in [0.3, 0.4) is 0 Å². The molecule has 88 heavy (non-hydrogen) atoms. The Balaban J connectivity index is 1.15. The number of phenols is 3. The summed E-state index contributed by atoms with van der Waals surface area (Å²) in [5.74, 6) is 1.40. The number of nitrogens with zero attached hydrogens (tertiary/aromatic N) is 2. The fourth-order valence-electron chi connectivity index (χ4n) is 10.6. The van der Waals surface area contributed by atoms with Crippen molar-refractivity contribution in [3.8, 4) is 28.7 Å². The molecule has 0 aromatic heterocycles. The van der Waals surface area contributed by atoms with E-state index in [9.17, 15) is 24.9 Å². The number of fused-ring (bicyclic) bond motifs is 10. The third-order valence-corrected chi connectivity index (χ3v) is 16.3. The molecule has 1 aliphatic carbocycles. The van der Waals surface area contributed by atoms with Crippen LogP contribution in [0.15, 0.2) is 72.8 Å². The van der Waals surface area contributed by atoms with E-state index in [-0.39, 0.29) is 127 Å². The SMILES string of the molecule is O=C(COc1c2cccc1Cc1cc(CS)cc(c1O)Cc1cccc(c1OCC(=O)N1CCOCCOCCOCCOCCOCC1)Cc1cc(CS)cc(c1O)Cc1cc(CS)cc(c1O)C2)N1CCOCCOCCOCCOCCOCC1. The van der Waals surface area contributed by atoms with E-state index in [2.05, 4.69) is 0 Å². The Bertz CT molecular complexity index is 2760. The molecule has 5 aromatic rings. The monoisotopic (exact) mass is 1270 g/mol. The van der Waals surface area contributed by atoms with Crippen LogP contribution < -0.4 is 9.47 Å². The molecule has 2 saturated heterocycles. The van der Waals surface area contributed by atoms with Crippen molar-refractivity contribution in [1.82, 2.24) is 9.80 Å². The van der Waals surface area contributed by atoms with Crippen molar-refractivity contribution in [3.05, 3.63) is 145 Å². The minimum atomic E-state index is -0.344. The van der Waals surface area contributed by atoms with Gasteiger partial charge in [0.25, 0.3) is 11.8 Å². The zero-order chi connectivity index (χ0) is 61.7. The standard InChI is InChI=1S/C66H86N2O17S3/c69-60(67-7-11-74-15-19-78-23-27-82-28-24-79-20-16-75-12-8-67)42-84-65-50-3-1-5-52(65)39-56-33-48(45-87)35-58(63(56)72)41-59-36-49(46-88)34-57(64(59)73)40-53-6-2-4-51(38-55-32-47(44-86)31-54(37-50)62(55)71)66(53)85-43-61(70)68-9-13-76-17-21-80-25-29-83-30-26-81-22-18-77-14-10-68/h1-6,31-36,71-73,86-88H,7-30,37-46H2. The van der Waals surface area contributed by atoms with Gasteiger partial charge in [-0.2, -0.15) is 37.9 Å². The summed E-state index contributed by atoms with van der Waals surface area (Å²) in [6.45, 7) is 7.73. The number of benzene rings is 5. The van der Waals surface area contributed by atoms with Gasteiger partial charge in [-0.15, -0.1) is 0 Å². The molecule has 2 fully saturated rings. The van der Waals surface area contributed by atoms with Crippen LogP contribution in [0, 0.1) is 0 Å². The van der Waals surface area contributed by atoms with Crippen LogP contribution in [0.25, 0.3) is 0 Å². The maximum absolute atomic E-state index is 14.4. The van der Waals surface area contributed by atoms with Gasteiger partial charge in [0.2, 0.25) is 0 Å². The fraction of sp³-hybridized carbons (Fsp3) is 0.515. The summed E-state index contributed by atoms with van der Waals surface area (Å²) in [5.41, 5.74) is 8.73. The molecule has 19 nitrogen and oxygen atoms in total. The first-order valence-corrected chi connectivity index (χ1v) is 32.2. The molecule has 0 atom stereocenters. The van der Waals surface area contributed by atoms with Gasteiger partial charge in [0.15, 0.2) is 13.2 Å². The molecule has 480 valence electrons. The number of carbonyl (C=O) groups excluding carboxylic acids is 2. The average Bonchev–Trinajstić information content (AvgIpc) is 1.86. The summed E-state index contributed by atoms with van der Waals surface area (Å²) in [5, 5.41) is 37.3. The lowest BCUT2D eigenvalue weighted by molar-refractivity contribution is -0.135. The fourth-order valence-corrected chi connectivity index (χ4v) is 11.2. The van der Waals surface area contributed by atoms with Gasteiger partial charge in [-0.05, 0) is 72.3 Å². The second kappa shape index (κ2) is 37.8. The number of ether oxygens (including phenoxy) is 12. The minimum absolute atomic E-state index is 0.0328. The molecule has 2 aliphatic heterocycles. The molecule has 2 amide bonds. The van der Waals surface area contributed by atoms with Gasteiger partial charge < -0.3 is 82.0 Å². The Kier molecular flexibility index (Phi) is 29.4. The molecule has 0 unspecified atom stereocenters. The van der Waals surface area contributed by atoms with Crippen molar-refractivity contribution in [2.24, 2.45) is 0 Å². The molecule has 22 heteroatoms. The van der Waals surface area contributed by atoms with E-state index in [1.807, 2.05) is 72.8 Å². The van der Waals surface area contributed by atoms with Gasteiger partial charge >= 0.3 is 0 Å². The van der Waals surface area contributed by atoms with Crippen LogP contribution in [0.2, 0.25) is 0 Å². The Morgan fingerprint density at radius 1 is 0.341 bits per heavy atom. The lowest BCUT2D eigenvalue weighted by atomic mass is 9.90. The van der Waals surface area contributed by atoms with E-state index < -0.39 is 0 Å². The summed E-state index contributed by atoms with van der Waals surface area (Å²) in [4.78, 5) is 32.2. The zero-order valence-electron chi connectivity index (χ0n) is 50.3. The largest absolute Gasteiger partial charge is 0.507 e. The Morgan fingerprint density at radius 3 is 0.761 bits per heavy atom. The van der Waals surface area contributed by atoms with Crippen molar-refractivity contribution >= 4 is 49.7 Å². The summed E-state index contributed by atoms with van der Waals surface area (Å²) in [6.07, 6.45) is 0.925. The maximum Gasteiger partial charge on any atom is 0.260 e. The molecule has 8 rings (SSSR count). The first-order chi connectivity index (χ1) is 43.1. The van der Waals surface area contributed by atoms with E-state index in [0.29, 0.717) is 190 Å². The number of carbonyl (C=O) groups is 2. The van der Waals surface area contributed by atoms with E-state index in [0.717, 1.165) is 16.7 Å². The van der Waals surface area contributed by atoms with Crippen LogP contribution in [0.4, 0.5) is 0 Å². The predicted molar refractivity (Wildman–Crippen MR) is 342 cm³/mol. The van der Waals surface area contributed by atoms with Crippen molar-refractivity contribution in [1.29, 1.82) is 0 Å². The van der Waals surface area contributed by atoms with E-state index in [4.69, 9.17) is 94.7 Å². The zero-order valence-corrected chi connectivity index (χ0v) is 52.9. The third-order valence-electron chi connectivity index (χ3n) is 15.2. The number of hydrogen-bond acceptors (Lipinski definition) is 20. The van der Waals surface area contributed by atoms with Gasteiger partial charge in [-0.25, -0.2) is 0 Å². The number of para-hydroxylation sites is 2. The van der Waals surface area contributed by atoms with Crippen LogP contribution >= 0.6 is 37.9 Å². The summed E-state index contributed by atoms with van der Waals surface area (Å²) in [6, 6.07) is 22.9. The Labute approximate surface area is 533 Å². The molecular formula is C66H86N2O17S3. The Hall–Kier alpha value is -5.31. The van der Waals surface area contributed by atoms with Gasteiger partial charge in [-0.3, -0.25) is 9.59 Å². The number of rotatable bonds is 9. The highest BCUT2D eigenvalue weighted by atomic mass is 32.1. The van der Waals surface area contributed by atoms with Gasteiger partial charge in [0.05, 0.1) is 132 Å². The van der Waals surface area contributed by atoms with Crippen molar-refractivity contribution in [2.75, 3.05) is 172 Å². The average molecular weight is 1280 g/mol. The van der Waals surface area contributed by atoms with Crippen LogP contribution in [0.5, 0.6) is 28.7 Å². The molecular weight excluding hydrogens is 1190 g/mol. The first kappa shape index (κ1) is 68.6. The second-order valence-electron chi connectivity index (χ2n) is 21.4. The molecule has 0 spiro atoms. The quantitative estimate of drug-likeness (QED) is 0.0808. The summed E-state index contributed by atoms with van der Waals surface area (Å²) >= 11 is 14.1. The molecule has 3 aliphatic rings. The molecule has 2 heterocycles. The van der Waals surface area contributed by atoms with Crippen LogP contribution in [0.1, 0.15) is 72.3 Å². The normalized spacial score (nSPS) is 17.7. The lowest BCUT2D eigenvalue weighted by Gasteiger charge is -2.24. The molecule has 0 saturated carbocycles. The molecule has 3 N–H and O–H groups in total. The maximum atomic E-state index is 14.4. The number of aromatic hydroxyl groups is 3.